The lowest BCUT2D eigenvalue weighted by molar-refractivity contribution is -0.146. The number of esters is 1. The SMILES string of the molecule is COC(=O)[C@H](NC(=O)COc1ccc(Br)cc1)C(C)C. The van der Waals surface area contributed by atoms with Crippen molar-refractivity contribution in [2.24, 2.45) is 5.92 Å². The largest absolute Gasteiger partial charge is 0.484 e. The molecule has 6 heteroatoms. The van der Waals surface area contributed by atoms with Crippen molar-refractivity contribution in [3.05, 3.63) is 28.7 Å². The molecular weight excluding hydrogens is 326 g/mol. The summed E-state index contributed by atoms with van der Waals surface area (Å²) < 4.78 is 10.9. The first-order valence-electron chi connectivity index (χ1n) is 6.19. The lowest BCUT2D eigenvalue weighted by Crippen LogP contribution is -2.46. The van der Waals surface area contributed by atoms with Crippen LogP contribution in [0.3, 0.4) is 0 Å². The molecule has 0 fully saturated rings. The highest BCUT2D eigenvalue weighted by atomic mass is 79.9. The molecule has 1 atom stereocenters. The molecule has 1 amide bonds. The van der Waals surface area contributed by atoms with Gasteiger partial charge in [0.25, 0.3) is 5.91 Å². The second-order valence-electron chi connectivity index (χ2n) is 4.55. The van der Waals surface area contributed by atoms with E-state index in [4.69, 9.17) is 4.74 Å². The van der Waals surface area contributed by atoms with Crippen LogP contribution in [0.5, 0.6) is 5.75 Å². The third-order valence-corrected chi connectivity index (χ3v) is 3.15. The molecule has 0 aliphatic rings. The number of rotatable bonds is 6. The van der Waals surface area contributed by atoms with Crippen molar-refractivity contribution in [3.63, 3.8) is 0 Å². The first-order valence-corrected chi connectivity index (χ1v) is 6.99. The zero-order valence-corrected chi connectivity index (χ0v) is 13.3. The number of methoxy groups -OCH3 is 1. The molecule has 0 spiro atoms. The van der Waals surface area contributed by atoms with E-state index in [0.29, 0.717) is 5.75 Å². The summed E-state index contributed by atoms with van der Waals surface area (Å²) in [7, 11) is 1.29. The maximum Gasteiger partial charge on any atom is 0.328 e. The fourth-order valence-corrected chi connectivity index (χ4v) is 1.78. The zero-order valence-electron chi connectivity index (χ0n) is 11.7. The highest BCUT2D eigenvalue weighted by molar-refractivity contribution is 9.10. The van der Waals surface area contributed by atoms with Crippen LogP contribution in [0, 0.1) is 5.92 Å². The van der Waals surface area contributed by atoms with Crippen molar-refractivity contribution in [3.8, 4) is 5.75 Å². The number of ether oxygens (including phenoxy) is 2. The Kier molecular flexibility index (Phi) is 6.51. The quantitative estimate of drug-likeness (QED) is 0.803. The molecule has 5 nitrogen and oxygen atoms in total. The number of halogens is 1. The van der Waals surface area contributed by atoms with Gasteiger partial charge in [0.1, 0.15) is 11.8 Å². The van der Waals surface area contributed by atoms with Gasteiger partial charge in [0.2, 0.25) is 0 Å². The zero-order chi connectivity index (χ0) is 15.1. The van der Waals surface area contributed by atoms with Gasteiger partial charge in [-0.15, -0.1) is 0 Å². The predicted molar refractivity (Wildman–Crippen MR) is 78.4 cm³/mol. The summed E-state index contributed by atoms with van der Waals surface area (Å²) >= 11 is 3.31. The molecule has 0 aliphatic carbocycles. The molecule has 20 heavy (non-hydrogen) atoms. The average Bonchev–Trinajstić information content (AvgIpc) is 2.43. The molecule has 0 aliphatic heterocycles. The van der Waals surface area contributed by atoms with Crippen LogP contribution >= 0.6 is 15.9 Å². The third kappa shape index (κ3) is 5.21. The van der Waals surface area contributed by atoms with Gasteiger partial charge in [-0.2, -0.15) is 0 Å². The van der Waals surface area contributed by atoms with Crippen LogP contribution in [0.15, 0.2) is 28.7 Å². The van der Waals surface area contributed by atoms with E-state index in [2.05, 4.69) is 26.0 Å². The molecule has 0 saturated heterocycles. The Morgan fingerprint density at radius 3 is 2.35 bits per heavy atom. The van der Waals surface area contributed by atoms with Crippen LogP contribution < -0.4 is 10.1 Å². The molecule has 0 aromatic heterocycles. The Bertz CT molecular complexity index is 459. The maximum atomic E-state index is 11.8. The van der Waals surface area contributed by atoms with E-state index in [1.807, 2.05) is 26.0 Å². The minimum Gasteiger partial charge on any atom is -0.484 e. The van der Waals surface area contributed by atoms with Crippen LogP contribution in [-0.2, 0) is 14.3 Å². The molecule has 0 unspecified atom stereocenters. The number of amides is 1. The number of carbonyl (C=O) groups excluding carboxylic acids is 2. The lowest BCUT2D eigenvalue weighted by atomic mass is 10.0. The molecule has 1 aromatic carbocycles. The number of carbonyl (C=O) groups is 2. The molecule has 0 radical (unpaired) electrons. The van der Waals surface area contributed by atoms with Crippen molar-refractivity contribution in [2.75, 3.05) is 13.7 Å². The number of hydrogen-bond acceptors (Lipinski definition) is 4. The van der Waals surface area contributed by atoms with Gasteiger partial charge in [-0.25, -0.2) is 4.79 Å². The smallest absolute Gasteiger partial charge is 0.328 e. The Morgan fingerprint density at radius 1 is 1.25 bits per heavy atom. The molecule has 0 heterocycles. The van der Waals surface area contributed by atoms with Gasteiger partial charge in [-0.3, -0.25) is 4.79 Å². The van der Waals surface area contributed by atoms with Gasteiger partial charge < -0.3 is 14.8 Å². The van der Waals surface area contributed by atoms with Crippen molar-refractivity contribution < 1.29 is 19.1 Å². The highest BCUT2D eigenvalue weighted by Gasteiger charge is 2.24. The molecule has 110 valence electrons. The Hall–Kier alpha value is -1.56. The van der Waals surface area contributed by atoms with E-state index in [1.165, 1.54) is 7.11 Å². The molecular formula is C14H18BrNO4. The first kappa shape index (κ1) is 16.5. The summed E-state index contributed by atoms with van der Waals surface area (Å²) in [6, 6.07) is 6.47. The van der Waals surface area contributed by atoms with Gasteiger partial charge in [0, 0.05) is 4.47 Å². The van der Waals surface area contributed by atoms with Crippen LogP contribution in [0.4, 0.5) is 0 Å². The molecule has 0 bridgehead atoms. The predicted octanol–water partition coefficient (Wildman–Crippen LogP) is 2.14. The Balaban J connectivity index is 2.49. The van der Waals surface area contributed by atoms with E-state index < -0.39 is 12.0 Å². The van der Waals surface area contributed by atoms with Crippen molar-refractivity contribution >= 4 is 27.8 Å². The van der Waals surface area contributed by atoms with Crippen LogP contribution in [0.2, 0.25) is 0 Å². The molecule has 1 aromatic rings. The normalized spacial score (nSPS) is 11.8. The Morgan fingerprint density at radius 2 is 1.85 bits per heavy atom. The van der Waals surface area contributed by atoms with E-state index >= 15 is 0 Å². The maximum absolute atomic E-state index is 11.8. The fraction of sp³-hybridized carbons (Fsp3) is 0.429. The van der Waals surface area contributed by atoms with Crippen molar-refractivity contribution in [2.45, 2.75) is 19.9 Å². The molecule has 1 N–H and O–H groups in total. The van der Waals surface area contributed by atoms with Crippen molar-refractivity contribution in [1.82, 2.24) is 5.32 Å². The van der Waals surface area contributed by atoms with Gasteiger partial charge in [-0.05, 0) is 30.2 Å². The van der Waals surface area contributed by atoms with E-state index in [0.717, 1.165) is 4.47 Å². The summed E-state index contributed by atoms with van der Waals surface area (Å²) in [5, 5.41) is 2.60. The minimum absolute atomic E-state index is 0.0564. The second kappa shape index (κ2) is 7.89. The van der Waals surface area contributed by atoms with Gasteiger partial charge in [0.15, 0.2) is 6.61 Å². The van der Waals surface area contributed by atoms with Crippen LogP contribution in [0.25, 0.3) is 0 Å². The topological polar surface area (TPSA) is 64.6 Å². The third-order valence-electron chi connectivity index (χ3n) is 2.62. The first-order chi connectivity index (χ1) is 9.43. The average molecular weight is 344 g/mol. The summed E-state index contributed by atoms with van der Waals surface area (Å²) in [5.41, 5.74) is 0. The van der Waals surface area contributed by atoms with Gasteiger partial charge in [0.05, 0.1) is 7.11 Å². The van der Waals surface area contributed by atoms with Crippen molar-refractivity contribution in [1.29, 1.82) is 0 Å². The summed E-state index contributed by atoms with van der Waals surface area (Å²) in [6.07, 6.45) is 0. The van der Waals surface area contributed by atoms with Crippen LogP contribution in [-0.4, -0.2) is 31.6 Å². The van der Waals surface area contributed by atoms with E-state index in [9.17, 15) is 9.59 Å². The highest BCUT2D eigenvalue weighted by Crippen LogP contribution is 2.15. The lowest BCUT2D eigenvalue weighted by Gasteiger charge is -2.19. The number of hydrogen-bond donors (Lipinski definition) is 1. The number of nitrogens with one attached hydrogen (secondary N) is 1. The van der Waals surface area contributed by atoms with E-state index in [1.54, 1.807) is 12.1 Å². The molecule has 0 saturated carbocycles. The minimum atomic E-state index is -0.666. The van der Waals surface area contributed by atoms with Gasteiger partial charge >= 0.3 is 5.97 Å². The summed E-state index contributed by atoms with van der Waals surface area (Å²) in [6.45, 7) is 3.51. The van der Waals surface area contributed by atoms with Crippen LogP contribution in [0.1, 0.15) is 13.8 Å². The molecule has 1 rings (SSSR count). The number of benzene rings is 1. The standard InChI is InChI=1S/C14H18BrNO4/c1-9(2)13(14(18)19-3)16-12(17)8-20-11-6-4-10(15)5-7-11/h4-7,9,13H,8H2,1-3H3,(H,16,17)/t13-/m1/s1. The summed E-state index contributed by atoms with van der Waals surface area (Å²) in [5.74, 6) is -0.296. The second-order valence-corrected chi connectivity index (χ2v) is 5.47. The van der Waals surface area contributed by atoms with E-state index in [-0.39, 0.29) is 18.4 Å². The fourth-order valence-electron chi connectivity index (χ4n) is 1.52. The van der Waals surface area contributed by atoms with Gasteiger partial charge in [-0.1, -0.05) is 29.8 Å². The summed E-state index contributed by atoms with van der Waals surface area (Å²) in [4.78, 5) is 23.3. The Labute approximate surface area is 126 Å². The monoisotopic (exact) mass is 343 g/mol.